The summed E-state index contributed by atoms with van der Waals surface area (Å²) in [5.74, 6) is 0.181. The molecular weight excluding hydrogens is 442 g/mol. The Hall–Kier alpha value is -0.891. The number of halogens is 2. The molecule has 0 unspecified atom stereocenters. The molecular formula is C13H8Cl2N4OS2Se. The van der Waals surface area contributed by atoms with Gasteiger partial charge in [-0.15, -0.1) is 0 Å². The number of rotatable bonds is 5. The van der Waals surface area contributed by atoms with Crippen molar-refractivity contribution in [1.29, 1.82) is 0 Å². The van der Waals surface area contributed by atoms with Gasteiger partial charge in [-0.3, -0.25) is 0 Å². The molecule has 2 aromatic heterocycles. The molecule has 1 aromatic carbocycles. The van der Waals surface area contributed by atoms with Crippen molar-refractivity contribution in [2.24, 2.45) is 0 Å². The average Bonchev–Trinajstić information content (AvgIpc) is 3.19. The Kier molecular flexibility index (Phi) is 5.74. The summed E-state index contributed by atoms with van der Waals surface area (Å²) in [6.07, 6.45) is 1.65. The number of thioether (sulfide) groups is 1. The van der Waals surface area contributed by atoms with Crippen molar-refractivity contribution in [2.45, 2.75) is 3.77 Å². The second-order valence-corrected chi connectivity index (χ2v) is 9.07. The Bertz CT molecular complexity index is 825. The zero-order valence-electron chi connectivity index (χ0n) is 11.3. The molecule has 0 atom stereocenters. The first kappa shape index (κ1) is 16.9. The molecule has 0 radical (unpaired) electrons. The fourth-order valence-electron chi connectivity index (χ4n) is 1.67. The van der Waals surface area contributed by atoms with Crippen LogP contribution in [0.5, 0.6) is 0 Å². The van der Waals surface area contributed by atoms with Crippen LogP contribution >= 0.6 is 46.3 Å². The molecule has 0 aliphatic heterocycles. The summed E-state index contributed by atoms with van der Waals surface area (Å²) in [4.78, 5) is 15.9. The molecule has 0 fully saturated rings. The van der Waals surface area contributed by atoms with E-state index in [4.69, 9.17) is 23.2 Å². The maximum absolute atomic E-state index is 11.9. The van der Waals surface area contributed by atoms with E-state index in [2.05, 4.69) is 19.5 Å². The van der Waals surface area contributed by atoms with Crippen LogP contribution in [-0.4, -0.2) is 40.6 Å². The number of nitrogens with zero attached hydrogens (tertiary/aromatic N) is 3. The van der Waals surface area contributed by atoms with E-state index in [1.807, 2.05) is 11.4 Å². The van der Waals surface area contributed by atoms with Gasteiger partial charge in [0.05, 0.1) is 0 Å². The van der Waals surface area contributed by atoms with E-state index in [-0.39, 0.29) is 26.4 Å². The van der Waals surface area contributed by atoms with E-state index in [0.29, 0.717) is 15.2 Å². The molecule has 1 amide bonds. The molecule has 5 nitrogen and oxygen atoms in total. The maximum atomic E-state index is 11.9. The zero-order valence-corrected chi connectivity index (χ0v) is 16.2. The first-order valence-electron chi connectivity index (χ1n) is 6.23. The third kappa shape index (κ3) is 4.35. The second kappa shape index (κ2) is 7.79. The van der Waals surface area contributed by atoms with Gasteiger partial charge in [0.1, 0.15) is 0 Å². The van der Waals surface area contributed by atoms with E-state index in [9.17, 15) is 4.79 Å². The van der Waals surface area contributed by atoms with E-state index in [1.165, 1.54) is 23.1 Å². The Morgan fingerprint density at radius 1 is 1.35 bits per heavy atom. The van der Waals surface area contributed by atoms with Crippen molar-refractivity contribution in [3.05, 3.63) is 39.8 Å². The molecule has 118 valence electrons. The molecule has 3 rings (SSSR count). The Labute approximate surface area is 156 Å². The van der Waals surface area contributed by atoms with Crippen molar-refractivity contribution >= 4 is 72.1 Å². The minimum atomic E-state index is -0.117. The molecule has 0 bridgehead atoms. The fourth-order valence-corrected chi connectivity index (χ4v) is 5.00. The van der Waals surface area contributed by atoms with Crippen molar-refractivity contribution in [3.63, 3.8) is 0 Å². The van der Waals surface area contributed by atoms with Crippen molar-refractivity contribution < 1.29 is 4.79 Å². The Morgan fingerprint density at radius 2 is 2.22 bits per heavy atom. The van der Waals surface area contributed by atoms with Crippen LogP contribution in [0.2, 0.25) is 10.0 Å². The number of carbonyl (C=O) groups is 1. The molecule has 10 heteroatoms. The van der Waals surface area contributed by atoms with Gasteiger partial charge in [0.15, 0.2) is 0 Å². The van der Waals surface area contributed by atoms with Crippen LogP contribution in [0.4, 0.5) is 5.13 Å². The standard InChI is InChI=1S/C13H8Cl2N4OS2Se/c14-8-2-1-7(5-9(8)15)11-12(23-19-18-11)22-6-10(20)17-13-16-3-4-21-13/h1-5H,6H2,(H,16,17,20). The third-order valence-electron chi connectivity index (χ3n) is 2.66. The molecule has 0 saturated carbocycles. The van der Waals surface area contributed by atoms with Crippen molar-refractivity contribution in [3.8, 4) is 11.3 Å². The van der Waals surface area contributed by atoms with E-state index in [1.54, 1.807) is 18.3 Å². The molecule has 23 heavy (non-hydrogen) atoms. The molecule has 0 aliphatic rings. The number of benzene rings is 1. The van der Waals surface area contributed by atoms with Crippen LogP contribution in [0.3, 0.4) is 0 Å². The van der Waals surface area contributed by atoms with Gasteiger partial charge < -0.3 is 0 Å². The summed E-state index contributed by atoms with van der Waals surface area (Å²) < 4.78 is 5.09. The van der Waals surface area contributed by atoms with Crippen LogP contribution in [0.15, 0.2) is 33.5 Å². The normalized spacial score (nSPS) is 10.7. The van der Waals surface area contributed by atoms with Crippen LogP contribution < -0.4 is 5.32 Å². The van der Waals surface area contributed by atoms with Gasteiger partial charge in [0, 0.05) is 0 Å². The monoisotopic (exact) mass is 450 g/mol. The van der Waals surface area contributed by atoms with E-state index in [0.717, 1.165) is 15.0 Å². The third-order valence-corrected chi connectivity index (χ3v) is 7.18. The number of hydrogen-bond donors (Lipinski definition) is 1. The van der Waals surface area contributed by atoms with Crippen LogP contribution in [0, 0.1) is 0 Å². The van der Waals surface area contributed by atoms with Gasteiger partial charge in [0.25, 0.3) is 0 Å². The first-order chi connectivity index (χ1) is 11.1. The average molecular weight is 450 g/mol. The summed E-state index contributed by atoms with van der Waals surface area (Å²) in [5.41, 5.74) is 1.61. The first-order valence-corrected chi connectivity index (χ1v) is 10.5. The SMILES string of the molecule is O=C(CSc1[se]nnc1-c1ccc(Cl)c(Cl)c1)Nc1nccs1. The molecule has 0 aliphatic carbocycles. The predicted octanol–water partition coefficient (Wildman–Crippen LogP) is 3.69. The summed E-state index contributed by atoms with van der Waals surface area (Å²) in [6, 6.07) is 5.33. The minimum absolute atomic E-state index is 0.103. The number of aromatic nitrogens is 3. The van der Waals surface area contributed by atoms with Gasteiger partial charge >= 0.3 is 157 Å². The van der Waals surface area contributed by atoms with Crippen molar-refractivity contribution in [2.75, 3.05) is 11.1 Å². The van der Waals surface area contributed by atoms with E-state index >= 15 is 0 Å². The Morgan fingerprint density at radius 3 is 2.96 bits per heavy atom. The molecule has 3 aromatic rings. The molecule has 1 N–H and O–H groups in total. The number of nitrogens with one attached hydrogen (secondary N) is 1. The predicted molar refractivity (Wildman–Crippen MR) is 95.9 cm³/mol. The topological polar surface area (TPSA) is 67.8 Å². The van der Waals surface area contributed by atoms with Gasteiger partial charge in [-0.05, 0) is 0 Å². The summed E-state index contributed by atoms with van der Waals surface area (Å²) in [6.45, 7) is 0. The molecule has 0 spiro atoms. The number of amides is 1. The number of carbonyl (C=O) groups excluding carboxylic acids is 1. The van der Waals surface area contributed by atoms with Gasteiger partial charge in [-0.25, -0.2) is 0 Å². The molecule has 2 heterocycles. The van der Waals surface area contributed by atoms with Gasteiger partial charge in [-0.1, -0.05) is 0 Å². The van der Waals surface area contributed by atoms with Gasteiger partial charge in [-0.2, -0.15) is 0 Å². The fraction of sp³-hybridized carbons (Fsp3) is 0.0769. The van der Waals surface area contributed by atoms with Gasteiger partial charge in [0.2, 0.25) is 0 Å². The van der Waals surface area contributed by atoms with Crippen LogP contribution in [0.25, 0.3) is 11.3 Å². The Balaban J connectivity index is 1.68. The van der Waals surface area contributed by atoms with E-state index < -0.39 is 0 Å². The quantitative estimate of drug-likeness (QED) is 0.475. The number of hydrogen-bond acceptors (Lipinski definition) is 6. The van der Waals surface area contributed by atoms with Crippen LogP contribution in [0.1, 0.15) is 0 Å². The summed E-state index contributed by atoms with van der Waals surface area (Å²) in [7, 11) is 0. The van der Waals surface area contributed by atoms with Crippen molar-refractivity contribution in [1.82, 2.24) is 14.2 Å². The zero-order chi connectivity index (χ0) is 16.2. The van der Waals surface area contributed by atoms with Crippen LogP contribution in [-0.2, 0) is 4.79 Å². The molecule has 0 saturated heterocycles. The summed E-state index contributed by atoms with van der Waals surface area (Å²) >= 11 is 14.7. The summed E-state index contributed by atoms with van der Waals surface area (Å²) in [5, 5.41) is 10.3. The number of thiazole rings is 1. The number of anilines is 1. The second-order valence-electron chi connectivity index (χ2n) is 4.21.